The predicted molar refractivity (Wildman–Crippen MR) is 74.7 cm³/mol. The van der Waals surface area contributed by atoms with Crippen LogP contribution in [0.2, 0.25) is 0 Å². The number of carbonyl (C=O) groups is 2. The first kappa shape index (κ1) is 16.6. The highest BCUT2D eigenvalue weighted by atomic mass is 32.1. The molecule has 20 heavy (non-hydrogen) atoms. The number of carboxylic acid groups (broad SMARTS) is 1. The predicted octanol–water partition coefficient (Wildman–Crippen LogP) is 2.53. The number of hydrogen-bond donors (Lipinski definition) is 1. The Morgan fingerprint density at radius 1 is 1.35 bits per heavy atom. The van der Waals surface area contributed by atoms with Gasteiger partial charge in [0.1, 0.15) is 16.7 Å². The Labute approximate surface area is 122 Å². The molecule has 1 atom stereocenters. The Morgan fingerprint density at radius 3 is 2.65 bits per heavy atom. The van der Waals surface area contributed by atoms with E-state index in [1.807, 2.05) is 0 Å². The van der Waals surface area contributed by atoms with E-state index in [1.54, 1.807) is 13.8 Å². The molecule has 0 radical (unpaired) electrons. The third-order valence-corrected chi connectivity index (χ3v) is 3.74. The molecule has 0 fully saturated rings. The molecule has 0 saturated heterocycles. The lowest BCUT2D eigenvalue weighted by Crippen LogP contribution is -2.11. The van der Waals surface area contributed by atoms with E-state index in [9.17, 15) is 14.7 Å². The van der Waals surface area contributed by atoms with Crippen molar-refractivity contribution in [3.8, 4) is 0 Å². The molecule has 1 aromatic heterocycles. The highest BCUT2D eigenvalue weighted by molar-refractivity contribution is 7.05. The number of hydrogen-bond acceptors (Lipinski definition) is 6. The van der Waals surface area contributed by atoms with E-state index in [1.165, 1.54) is 0 Å². The van der Waals surface area contributed by atoms with Gasteiger partial charge in [-0.05, 0) is 38.2 Å². The second kappa shape index (κ2) is 8.63. The van der Waals surface area contributed by atoms with Crippen molar-refractivity contribution in [3.63, 3.8) is 0 Å². The van der Waals surface area contributed by atoms with E-state index in [-0.39, 0.29) is 5.97 Å². The molecule has 0 spiro atoms. The van der Waals surface area contributed by atoms with Gasteiger partial charge in [-0.2, -0.15) is 4.37 Å². The molecule has 1 N–H and O–H groups in total. The summed E-state index contributed by atoms with van der Waals surface area (Å²) in [4.78, 5) is 26.5. The molecule has 0 aromatic carbocycles. The van der Waals surface area contributed by atoms with Crippen molar-refractivity contribution in [2.75, 3.05) is 6.61 Å². The lowest BCUT2D eigenvalue weighted by Gasteiger charge is -2.08. The summed E-state index contributed by atoms with van der Waals surface area (Å²) in [5.74, 6) is -1.05. The van der Waals surface area contributed by atoms with Crippen molar-refractivity contribution >= 4 is 23.5 Å². The zero-order chi connectivity index (χ0) is 15.0. The van der Waals surface area contributed by atoms with Gasteiger partial charge in [0.15, 0.2) is 0 Å². The van der Waals surface area contributed by atoms with Gasteiger partial charge in [0.25, 0.3) is 0 Å². The Kier molecular flexibility index (Phi) is 7.14. The first-order valence-corrected chi connectivity index (χ1v) is 7.50. The number of carboxylic acids is 1. The summed E-state index contributed by atoms with van der Waals surface area (Å²) in [6.45, 7) is 3.92. The summed E-state index contributed by atoms with van der Waals surface area (Å²) < 4.78 is 8.84. The van der Waals surface area contributed by atoms with Crippen LogP contribution in [0.4, 0.5) is 0 Å². The monoisotopic (exact) mass is 300 g/mol. The van der Waals surface area contributed by atoms with Crippen LogP contribution in [0, 0.1) is 6.92 Å². The fourth-order valence-corrected chi connectivity index (χ4v) is 2.62. The molecular weight excluding hydrogens is 280 g/mol. The normalized spacial score (nSPS) is 12.1. The number of carbonyl (C=O) groups excluding carboxylic acids is 1. The van der Waals surface area contributed by atoms with E-state index >= 15 is 0 Å². The summed E-state index contributed by atoms with van der Waals surface area (Å²) in [7, 11) is 0. The quantitative estimate of drug-likeness (QED) is 0.557. The molecule has 1 rings (SSSR count). The largest absolute Gasteiger partial charge is 0.481 e. The Bertz CT molecular complexity index is 447. The van der Waals surface area contributed by atoms with Crippen LogP contribution < -0.4 is 0 Å². The lowest BCUT2D eigenvalue weighted by molar-refractivity contribution is -0.143. The number of ether oxygens (including phenoxy) is 1. The van der Waals surface area contributed by atoms with Gasteiger partial charge in [-0.3, -0.25) is 9.59 Å². The number of aliphatic carboxylic acids is 1. The van der Waals surface area contributed by atoms with Gasteiger partial charge in [-0.25, -0.2) is 4.98 Å². The van der Waals surface area contributed by atoms with E-state index < -0.39 is 11.9 Å². The van der Waals surface area contributed by atoms with Crippen molar-refractivity contribution in [3.05, 3.63) is 10.8 Å². The molecule has 1 aromatic rings. The van der Waals surface area contributed by atoms with Crippen molar-refractivity contribution in [2.45, 2.75) is 51.9 Å². The second-order valence-corrected chi connectivity index (χ2v) is 5.26. The average molecular weight is 300 g/mol. The zero-order valence-electron chi connectivity index (χ0n) is 11.8. The molecule has 112 valence electrons. The van der Waals surface area contributed by atoms with E-state index in [0.29, 0.717) is 30.3 Å². The van der Waals surface area contributed by atoms with Gasteiger partial charge in [-0.1, -0.05) is 12.8 Å². The third kappa shape index (κ3) is 5.64. The van der Waals surface area contributed by atoms with Crippen molar-refractivity contribution in [1.82, 2.24) is 9.36 Å². The Morgan fingerprint density at radius 2 is 2.10 bits per heavy atom. The summed E-state index contributed by atoms with van der Waals surface area (Å²) in [6, 6.07) is 0. The van der Waals surface area contributed by atoms with Crippen LogP contribution in [0.5, 0.6) is 0 Å². The molecule has 0 amide bonds. The molecule has 0 aliphatic heterocycles. The molecule has 0 aliphatic rings. The molecule has 7 heteroatoms. The van der Waals surface area contributed by atoms with Crippen molar-refractivity contribution in [2.24, 2.45) is 0 Å². The Balaban J connectivity index is 2.31. The maximum Gasteiger partial charge on any atom is 0.313 e. The molecular formula is C13H20N2O4S. The third-order valence-electron chi connectivity index (χ3n) is 2.82. The fraction of sp³-hybridized carbons (Fsp3) is 0.692. The first-order valence-electron chi connectivity index (χ1n) is 6.73. The van der Waals surface area contributed by atoms with Crippen LogP contribution in [0.3, 0.4) is 0 Å². The molecule has 1 unspecified atom stereocenters. The summed E-state index contributed by atoms with van der Waals surface area (Å²) in [6.07, 6.45) is 3.19. The topological polar surface area (TPSA) is 89.4 Å². The molecule has 0 bridgehead atoms. The Hall–Kier alpha value is -1.50. The van der Waals surface area contributed by atoms with Crippen molar-refractivity contribution < 1.29 is 19.4 Å². The number of aryl methyl sites for hydroxylation is 1. The smallest absolute Gasteiger partial charge is 0.313 e. The van der Waals surface area contributed by atoms with Gasteiger partial charge in [-0.15, -0.1) is 0 Å². The van der Waals surface area contributed by atoms with Crippen LogP contribution in [0.25, 0.3) is 0 Å². The summed E-state index contributed by atoms with van der Waals surface area (Å²) in [5, 5.41) is 9.77. The lowest BCUT2D eigenvalue weighted by atomic mass is 10.0. The van der Waals surface area contributed by atoms with Crippen molar-refractivity contribution in [1.29, 1.82) is 0 Å². The minimum atomic E-state index is -0.869. The molecule has 1 heterocycles. The van der Waals surface area contributed by atoms with E-state index in [2.05, 4.69) is 9.36 Å². The number of nitrogens with zero attached hydrogens (tertiary/aromatic N) is 2. The highest BCUT2D eigenvalue weighted by Gasteiger charge is 2.23. The van der Waals surface area contributed by atoms with E-state index in [4.69, 9.17) is 4.74 Å². The number of rotatable bonds is 9. The molecule has 0 saturated carbocycles. The minimum absolute atomic E-state index is 0.193. The van der Waals surface area contributed by atoms with Crippen LogP contribution >= 0.6 is 11.5 Å². The van der Waals surface area contributed by atoms with Gasteiger partial charge < -0.3 is 9.84 Å². The van der Waals surface area contributed by atoms with Crippen LogP contribution in [0.1, 0.15) is 55.8 Å². The van der Waals surface area contributed by atoms with Gasteiger partial charge in [0.2, 0.25) is 0 Å². The van der Waals surface area contributed by atoms with Crippen LogP contribution in [-0.2, 0) is 14.3 Å². The summed E-state index contributed by atoms with van der Waals surface area (Å²) >= 11 is 1.15. The van der Waals surface area contributed by atoms with Crippen LogP contribution in [-0.4, -0.2) is 33.0 Å². The fourth-order valence-electron chi connectivity index (χ4n) is 1.83. The number of unbranched alkanes of at least 4 members (excludes halogenated alkanes) is 2. The molecule has 6 nitrogen and oxygen atoms in total. The maximum absolute atomic E-state index is 11.2. The number of esters is 1. The zero-order valence-corrected chi connectivity index (χ0v) is 12.6. The summed E-state index contributed by atoms with van der Waals surface area (Å²) in [5.41, 5.74) is 0. The van der Waals surface area contributed by atoms with Crippen LogP contribution in [0.15, 0.2) is 0 Å². The van der Waals surface area contributed by atoms with Gasteiger partial charge in [0, 0.05) is 6.42 Å². The standard InChI is InChI=1S/C13H20N2O4S/c1-3-19-11(16)8-6-4-5-7-10(13(17)18)12-14-9(2)15-20-12/h10H,3-8H2,1-2H3,(H,17,18). The SMILES string of the molecule is CCOC(=O)CCCCCC(C(=O)O)c1nc(C)ns1. The first-order chi connectivity index (χ1) is 9.54. The number of aromatic nitrogens is 2. The average Bonchev–Trinajstić information content (AvgIpc) is 2.80. The van der Waals surface area contributed by atoms with Gasteiger partial charge in [0.05, 0.1) is 6.61 Å². The van der Waals surface area contributed by atoms with Gasteiger partial charge >= 0.3 is 11.9 Å². The van der Waals surface area contributed by atoms with E-state index in [0.717, 1.165) is 30.8 Å². The molecule has 0 aliphatic carbocycles. The minimum Gasteiger partial charge on any atom is -0.481 e. The maximum atomic E-state index is 11.2. The highest BCUT2D eigenvalue weighted by Crippen LogP contribution is 2.24. The second-order valence-electron chi connectivity index (χ2n) is 4.48.